The third kappa shape index (κ3) is 3.41. The van der Waals surface area contributed by atoms with E-state index in [9.17, 15) is 18.0 Å². The van der Waals surface area contributed by atoms with Gasteiger partial charge in [-0.25, -0.2) is 13.2 Å². The topological polar surface area (TPSA) is 41.6 Å². The molecule has 122 valence electrons. The highest BCUT2D eigenvalue weighted by molar-refractivity contribution is 5.77. The van der Waals surface area contributed by atoms with Crippen LogP contribution < -0.4 is 5.32 Å². The van der Waals surface area contributed by atoms with E-state index < -0.39 is 23.5 Å². The Hall–Kier alpha value is -1.60. The van der Waals surface area contributed by atoms with Crippen LogP contribution in [-0.2, 0) is 9.53 Å². The van der Waals surface area contributed by atoms with Crippen molar-refractivity contribution < 1.29 is 22.7 Å². The summed E-state index contributed by atoms with van der Waals surface area (Å²) in [6.45, 7) is 3.17. The number of carbonyl (C=O) groups is 1. The van der Waals surface area contributed by atoms with Gasteiger partial charge in [-0.1, -0.05) is 6.92 Å². The predicted octanol–water partition coefficient (Wildman–Crippen LogP) is 2.00. The Bertz CT molecular complexity index is 531. The molecule has 0 bridgehead atoms. The van der Waals surface area contributed by atoms with Gasteiger partial charge in [-0.15, -0.1) is 0 Å². The molecule has 1 fully saturated rings. The van der Waals surface area contributed by atoms with Crippen molar-refractivity contribution >= 4 is 5.91 Å². The fourth-order valence-electron chi connectivity index (χ4n) is 2.93. The fraction of sp³-hybridized carbons (Fsp3) is 0.533. The van der Waals surface area contributed by atoms with Gasteiger partial charge in [0.25, 0.3) is 0 Å². The summed E-state index contributed by atoms with van der Waals surface area (Å²) in [7, 11) is 1.41. The van der Waals surface area contributed by atoms with E-state index in [0.717, 1.165) is 12.1 Å². The second-order valence-electron chi connectivity index (χ2n) is 5.27. The van der Waals surface area contributed by atoms with Crippen molar-refractivity contribution in [2.24, 2.45) is 0 Å². The number of halogens is 3. The van der Waals surface area contributed by atoms with Crippen LogP contribution in [0.4, 0.5) is 13.2 Å². The Morgan fingerprint density at radius 1 is 1.36 bits per heavy atom. The number of nitrogens with zero attached hydrogens (tertiary/aromatic N) is 1. The SMILES string of the molecule is CCN1CC[C@H](NC(=O)COC)[C@H]1c1cc(F)c(F)c(F)c1. The summed E-state index contributed by atoms with van der Waals surface area (Å²) >= 11 is 0. The minimum absolute atomic E-state index is 0.0819. The first kappa shape index (κ1) is 16.8. The average molecular weight is 316 g/mol. The number of methoxy groups -OCH3 is 1. The lowest BCUT2D eigenvalue weighted by molar-refractivity contribution is -0.125. The molecule has 1 heterocycles. The van der Waals surface area contributed by atoms with E-state index in [1.807, 2.05) is 11.8 Å². The van der Waals surface area contributed by atoms with Gasteiger partial charge in [0, 0.05) is 19.7 Å². The summed E-state index contributed by atoms with van der Waals surface area (Å²) in [5.74, 6) is -4.22. The molecule has 7 heteroatoms. The number of likely N-dealkylation sites (N-methyl/N-ethyl adjacent to an activating group) is 1. The molecule has 0 unspecified atom stereocenters. The number of benzene rings is 1. The molecule has 0 saturated carbocycles. The van der Waals surface area contributed by atoms with Crippen LogP contribution in [0.3, 0.4) is 0 Å². The molecular weight excluding hydrogens is 297 g/mol. The van der Waals surface area contributed by atoms with Crippen LogP contribution in [0.25, 0.3) is 0 Å². The van der Waals surface area contributed by atoms with Gasteiger partial charge in [-0.05, 0) is 30.7 Å². The van der Waals surface area contributed by atoms with Crippen LogP contribution in [-0.4, -0.2) is 43.7 Å². The number of likely N-dealkylation sites (tertiary alicyclic amines) is 1. The first-order valence-corrected chi connectivity index (χ1v) is 7.14. The standard InChI is InChI=1S/C15H19F3N2O2/c1-3-20-5-4-12(19-13(21)8-22-2)15(20)9-6-10(16)14(18)11(17)7-9/h6-7,12,15H,3-5,8H2,1-2H3,(H,19,21)/t12-,15+/m0/s1. The van der Waals surface area contributed by atoms with Crippen molar-refractivity contribution in [3.05, 3.63) is 35.1 Å². The molecule has 0 spiro atoms. The molecule has 4 nitrogen and oxygen atoms in total. The number of nitrogens with one attached hydrogen (secondary N) is 1. The first-order valence-electron chi connectivity index (χ1n) is 7.14. The molecule has 2 atom stereocenters. The number of amides is 1. The van der Waals surface area contributed by atoms with Crippen molar-refractivity contribution in [1.82, 2.24) is 10.2 Å². The van der Waals surface area contributed by atoms with Gasteiger partial charge in [0.1, 0.15) is 6.61 Å². The van der Waals surface area contributed by atoms with Crippen LogP contribution in [0.1, 0.15) is 24.9 Å². The minimum atomic E-state index is -1.48. The van der Waals surface area contributed by atoms with Crippen LogP contribution in [0, 0.1) is 17.5 Å². The first-order chi connectivity index (χ1) is 10.5. The van der Waals surface area contributed by atoms with Crippen LogP contribution in [0.15, 0.2) is 12.1 Å². The van der Waals surface area contributed by atoms with Crippen LogP contribution in [0.5, 0.6) is 0 Å². The van der Waals surface area contributed by atoms with Gasteiger partial charge in [0.2, 0.25) is 5.91 Å². The summed E-state index contributed by atoms with van der Waals surface area (Å²) in [5, 5.41) is 2.80. The quantitative estimate of drug-likeness (QED) is 0.845. The van der Waals surface area contributed by atoms with Gasteiger partial charge >= 0.3 is 0 Å². The lowest BCUT2D eigenvalue weighted by Crippen LogP contribution is -2.41. The van der Waals surface area contributed by atoms with Gasteiger partial charge in [0.15, 0.2) is 17.5 Å². The zero-order chi connectivity index (χ0) is 16.3. The van der Waals surface area contributed by atoms with Crippen molar-refractivity contribution in [3.63, 3.8) is 0 Å². The van der Waals surface area contributed by atoms with Gasteiger partial charge in [0.05, 0.1) is 6.04 Å². The molecule has 1 aliphatic heterocycles. The summed E-state index contributed by atoms with van der Waals surface area (Å²) in [6.07, 6.45) is 0.647. The number of hydrogen-bond donors (Lipinski definition) is 1. The highest BCUT2D eigenvalue weighted by Crippen LogP contribution is 2.33. The Morgan fingerprint density at radius 3 is 2.55 bits per heavy atom. The molecule has 1 saturated heterocycles. The largest absolute Gasteiger partial charge is 0.375 e. The summed E-state index contributed by atoms with van der Waals surface area (Å²) in [6, 6.07) is 1.29. The van der Waals surface area contributed by atoms with E-state index in [4.69, 9.17) is 4.74 Å². The van der Waals surface area contributed by atoms with E-state index in [2.05, 4.69) is 5.32 Å². The zero-order valence-corrected chi connectivity index (χ0v) is 12.5. The molecule has 1 aromatic carbocycles. The van der Waals surface area contributed by atoms with Crippen molar-refractivity contribution in [1.29, 1.82) is 0 Å². The second kappa shape index (κ2) is 7.11. The number of rotatable bonds is 5. The zero-order valence-electron chi connectivity index (χ0n) is 12.5. The summed E-state index contributed by atoms with van der Waals surface area (Å²) in [5.41, 5.74) is 0.318. The van der Waals surface area contributed by atoms with E-state index in [1.165, 1.54) is 7.11 Å². The third-order valence-electron chi connectivity index (χ3n) is 3.88. The van der Waals surface area contributed by atoms with E-state index in [-0.39, 0.29) is 18.6 Å². The highest BCUT2D eigenvalue weighted by atomic mass is 19.2. The molecule has 22 heavy (non-hydrogen) atoms. The van der Waals surface area contributed by atoms with Gasteiger partial charge in [-0.3, -0.25) is 9.69 Å². The molecule has 1 aliphatic rings. The molecule has 1 amide bonds. The smallest absolute Gasteiger partial charge is 0.246 e. The van der Waals surface area contributed by atoms with E-state index in [0.29, 0.717) is 25.1 Å². The Kier molecular flexibility index (Phi) is 5.42. The molecule has 0 radical (unpaired) electrons. The number of carbonyl (C=O) groups excluding carboxylic acids is 1. The average Bonchev–Trinajstić information content (AvgIpc) is 2.87. The minimum Gasteiger partial charge on any atom is -0.375 e. The Balaban J connectivity index is 2.28. The predicted molar refractivity (Wildman–Crippen MR) is 74.7 cm³/mol. The Morgan fingerprint density at radius 2 is 2.00 bits per heavy atom. The monoisotopic (exact) mass is 316 g/mol. The van der Waals surface area contributed by atoms with Crippen LogP contribution in [0.2, 0.25) is 0 Å². The molecule has 2 rings (SSSR count). The van der Waals surface area contributed by atoms with Gasteiger partial charge < -0.3 is 10.1 Å². The molecule has 1 N–H and O–H groups in total. The normalized spacial score (nSPS) is 22.0. The van der Waals surface area contributed by atoms with Crippen LogP contribution >= 0.6 is 0 Å². The highest BCUT2D eigenvalue weighted by Gasteiger charge is 2.36. The summed E-state index contributed by atoms with van der Waals surface area (Å²) in [4.78, 5) is 13.7. The molecule has 0 aromatic heterocycles. The lowest BCUT2D eigenvalue weighted by atomic mass is 9.99. The number of hydrogen-bond acceptors (Lipinski definition) is 3. The maximum atomic E-state index is 13.5. The Labute approximate surface area is 127 Å². The molecule has 1 aromatic rings. The molecule has 0 aliphatic carbocycles. The fourth-order valence-corrected chi connectivity index (χ4v) is 2.93. The van der Waals surface area contributed by atoms with Crippen molar-refractivity contribution in [3.8, 4) is 0 Å². The third-order valence-corrected chi connectivity index (χ3v) is 3.88. The van der Waals surface area contributed by atoms with Crippen molar-refractivity contribution in [2.75, 3.05) is 26.8 Å². The maximum Gasteiger partial charge on any atom is 0.246 e. The summed E-state index contributed by atoms with van der Waals surface area (Å²) < 4.78 is 44.9. The van der Waals surface area contributed by atoms with Gasteiger partial charge in [-0.2, -0.15) is 0 Å². The van der Waals surface area contributed by atoms with E-state index in [1.54, 1.807) is 0 Å². The van der Waals surface area contributed by atoms with E-state index >= 15 is 0 Å². The van der Waals surface area contributed by atoms with Crippen molar-refractivity contribution in [2.45, 2.75) is 25.4 Å². The second-order valence-corrected chi connectivity index (χ2v) is 5.27. The number of ether oxygens (including phenoxy) is 1. The lowest BCUT2D eigenvalue weighted by Gasteiger charge is -2.28. The molecular formula is C15H19F3N2O2. The maximum absolute atomic E-state index is 13.5.